The van der Waals surface area contributed by atoms with Gasteiger partial charge in [-0.05, 0) is 43.4 Å². The van der Waals surface area contributed by atoms with Crippen LogP contribution in [-0.4, -0.2) is 18.5 Å². The van der Waals surface area contributed by atoms with Crippen molar-refractivity contribution in [3.63, 3.8) is 0 Å². The molecule has 5 heteroatoms. The molecule has 0 unspecified atom stereocenters. The fourth-order valence-electron chi connectivity index (χ4n) is 3.71. The molecule has 138 valence electrons. The standard InChI is InChI=1S/C22H21NO4/c1-14-16-9-4-5-12-19(16)27-21(14)22(25)26-13-20(24)23-18-11-6-8-15-7-2-3-10-17(15)18/h2-5,7,9-10,12,18H,6,8,11,13H2,1H3,(H,23,24)/t18-/m0/s1. The lowest BCUT2D eigenvalue weighted by atomic mass is 9.88. The van der Waals surface area contributed by atoms with Crippen LogP contribution in [0.15, 0.2) is 52.9 Å². The summed E-state index contributed by atoms with van der Waals surface area (Å²) in [5.41, 5.74) is 3.77. The first-order chi connectivity index (χ1) is 13.1. The number of nitrogens with one attached hydrogen (secondary N) is 1. The maximum atomic E-state index is 12.3. The van der Waals surface area contributed by atoms with Crippen molar-refractivity contribution in [2.24, 2.45) is 0 Å². The normalized spacial score (nSPS) is 16.0. The molecule has 0 spiro atoms. The van der Waals surface area contributed by atoms with Gasteiger partial charge in [-0.2, -0.15) is 0 Å². The van der Waals surface area contributed by atoms with Crippen molar-refractivity contribution < 1.29 is 18.7 Å². The van der Waals surface area contributed by atoms with E-state index in [0.717, 1.165) is 35.8 Å². The highest BCUT2D eigenvalue weighted by Gasteiger charge is 2.23. The van der Waals surface area contributed by atoms with Crippen LogP contribution in [0.5, 0.6) is 0 Å². The molecule has 0 aliphatic heterocycles. The zero-order valence-corrected chi connectivity index (χ0v) is 15.2. The summed E-state index contributed by atoms with van der Waals surface area (Å²) in [6.07, 6.45) is 2.95. The number of ether oxygens (including phenoxy) is 1. The number of carbonyl (C=O) groups excluding carboxylic acids is 2. The van der Waals surface area contributed by atoms with E-state index in [9.17, 15) is 9.59 Å². The summed E-state index contributed by atoms with van der Waals surface area (Å²) in [5.74, 6) is -0.784. The van der Waals surface area contributed by atoms with Crippen LogP contribution in [0.25, 0.3) is 11.0 Å². The minimum absolute atomic E-state index is 0.0333. The Balaban J connectivity index is 1.39. The number of amides is 1. The average Bonchev–Trinajstić information content (AvgIpc) is 3.03. The molecule has 1 atom stereocenters. The summed E-state index contributed by atoms with van der Waals surface area (Å²) in [6.45, 7) is 1.48. The van der Waals surface area contributed by atoms with Crippen LogP contribution in [0.4, 0.5) is 0 Å². The first-order valence-electron chi connectivity index (χ1n) is 9.16. The highest BCUT2D eigenvalue weighted by atomic mass is 16.5. The molecular formula is C22H21NO4. The Morgan fingerprint density at radius 1 is 1.15 bits per heavy atom. The zero-order chi connectivity index (χ0) is 18.8. The van der Waals surface area contributed by atoms with Crippen LogP contribution in [0, 0.1) is 6.92 Å². The predicted molar refractivity (Wildman–Crippen MR) is 101 cm³/mol. The maximum absolute atomic E-state index is 12.3. The summed E-state index contributed by atoms with van der Waals surface area (Å²) in [5, 5.41) is 3.84. The van der Waals surface area contributed by atoms with E-state index in [4.69, 9.17) is 9.15 Å². The van der Waals surface area contributed by atoms with Gasteiger partial charge in [-0.25, -0.2) is 4.79 Å². The van der Waals surface area contributed by atoms with Gasteiger partial charge in [0, 0.05) is 10.9 Å². The molecule has 4 rings (SSSR count). The maximum Gasteiger partial charge on any atom is 0.375 e. The lowest BCUT2D eigenvalue weighted by Gasteiger charge is -2.26. The van der Waals surface area contributed by atoms with Gasteiger partial charge in [-0.3, -0.25) is 4.79 Å². The van der Waals surface area contributed by atoms with Crippen LogP contribution < -0.4 is 5.32 Å². The number of para-hydroxylation sites is 1. The second kappa shape index (κ2) is 7.27. The van der Waals surface area contributed by atoms with Crippen LogP contribution >= 0.6 is 0 Å². The molecular weight excluding hydrogens is 342 g/mol. The van der Waals surface area contributed by atoms with E-state index in [1.165, 1.54) is 5.56 Å². The number of rotatable bonds is 4. The van der Waals surface area contributed by atoms with Crippen molar-refractivity contribution in [2.45, 2.75) is 32.2 Å². The number of carbonyl (C=O) groups is 2. The molecule has 1 aliphatic rings. The van der Waals surface area contributed by atoms with Crippen LogP contribution in [0.3, 0.4) is 0 Å². The predicted octanol–water partition coefficient (Wildman–Crippen LogP) is 4.09. The van der Waals surface area contributed by atoms with Gasteiger partial charge >= 0.3 is 5.97 Å². The summed E-state index contributed by atoms with van der Waals surface area (Å²) < 4.78 is 10.8. The molecule has 0 fully saturated rings. The van der Waals surface area contributed by atoms with Gasteiger partial charge in [-0.1, -0.05) is 42.5 Å². The summed E-state index contributed by atoms with van der Waals surface area (Å²) in [6, 6.07) is 15.5. The fraction of sp³-hybridized carbons (Fsp3) is 0.273. The molecule has 1 heterocycles. The van der Waals surface area contributed by atoms with Crippen molar-refractivity contribution in [2.75, 3.05) is 6.61 Å². The van der Waals surface area contributed by atoms with Gasteiger partial charge in [0.2, 0.25) is 5.76 Å². The Kier molecular flexibility index (Phi) is 4.67. The van der Waals surface area contributed by atoms with E-state index in [-0.39, 0.29) is 24.3 Å². The molecule has 0 saturated heterocycles. The average molecular weight is 363 g/mol. The van der Waals surface area contributed by atoms with E-state index in [1.54, 1.807) is 6.07 Å². The molecule has 0 bridgehead atoms. The Labute approximate surface area is 157 Å². The van der Waals surface area contributed by atoms with Crippen LogP contribution in [-0.2, 0) is 16.0 Å². The van der Waals surface area contributed by atoms with Crippen molar-refractivity contribution in [3.05, 3.63) is 71.0 Å². The number of esters is 1. The first-order valence-corrected chi connectivity index (χ1v) is 9.16. The number of hydrogen-bond donors (Lipinski definition) is 1. The Morgan fingerprint density at radius 2 is 1.93 bits per heavy atom. The highest BCUT2D eigenvalue weighted by Crippen LogP contribution is 2.29. The highest BCUT2D eigenvalue weighted by molar-refractivity contribution is 5.96. The molecule has 1 N–H and O–H groups in total. The van der Waals surface area contributed by atoms with Crippen molar-refractivity contribution in [3.8, 4) is 0 Å². The van der Waals surface area contributed by atoms with Crippen LogP contribution in [0.1, 0.15) is 46.1 Å². The second-order valence-corrected chi connectivity index (χ2v) is 6.84. The Bertz CT molecular complexity index is 1000. The van der Waals surface area contributed by atoms with E-state index < -0.39 is 5.97 Å². The van der Waals surface area contributed by atoms with Gasteiger partial charge in [0.1, 0.15) is 5.58 Å². The van der Waals surface area contributed by atoms with Gasteiger partial charge in [0.15, 0.2) is 6.61 Å². The number of fused-ring (bicyclic) bond motifs is 2. The third-order valence-corrected chi connectivity index (χ3v) is 5.07. The lowest BCUT2D eigenvalue weighted by molar-refractivity contribution is -0.125. The molecule has 0 saturated carbocycles. The van der Waals surface area contributed by atoms with Gasteiger partial charge in [0.25, 0.3) is 5.91 Å². The van der Waals surface area contributed by atoms with Gasteiger partial charge in [-0.15, -0.1) is 0 Å². The molecule has 0 radical (unpaired) electrons. The third-order valence-electron chi connectivity index (χ3n) is 5.07. The summed E-state index contributed by atoms with van der Waals surface area (Å²) in [7, 11) is 0. The molecule has 2 aromatic carbocycles. The molecule has 3 aromatic rings. The van der Waals surface area contributed by atoms with E-state index in [2.05, 4.69) is 11.4 Å². The number of furan rings is 1. The summed E-state index contributed by atoms with van der Waals surface area (Å²) in [4.78, 5) is 24.6. The van der Waals surface area contributed by atoms with E-state index >= 15 is 0 Å². The molecule has 1 aromatic heterocycles. The quantitative estimate of drug-likeness (QED) is 0.709. The number of benzene rings is 2. The smallest absolute Gasteiger partial charge is 0.375 e. The molecule has 1 aliphatic carbocycles. The SMILES string of the molecule is Cc1c(C(=O)OCC(=O)N[C@H]2CCCc3ccccc32)oc2ccccc12. The van der Waals surface area contributed by atoms with E-state index in [1.807, 2.05) is 43.3 Å². The third kappa shape index (κ3) is 3.45. The minimum atomic E-state index is -0.622. The van der Waals surface area contributed by atoms with Crippen LogP contribution in [0.2, 0.25) is 0 Å². The number of aryl methyl sites for hydroxylation is 2. The topological polar surface area (TPSA) is 68.5 Å². The fourth-order valence-corrected chi connectivity index (χ4v) is 3.71. The lowest BCUT2D eigenvalue weighted by Crippen LogP contribution is -2.34. The molecule has 1 amide bonds. The van der Waals surface area contributed by atoms with Gasteiger partial charge in [0.05, 0.1) is 6.04 Å². The van der Waals surface area contributed by atoms with E-state index in [0.29, 0.717) is 5.58 Å². The molecule has 5 nitrogen and oxygen atoms in total. The Morgan fingerprint density at radius 3 is 2.78 bits per heavy atom. The largest absolute Gasteiger partial charge is 0.450 e. The van der Waals surface area contributed by atoms with Crippen molar-refractivity contribution in [1.29, 1.82) is 0 Å². The van der Waals surface area contributed by atoms with Crippen molar-refractivity contribution in [1.82, 2.24) is 5.32 Å². The van der Waals surface area contributed by atoms with Gasteiger partial charge < -0.3 is 14.5 Å². The van der Waals surface area contributed by atoms with Crippen molar-refractivity contribution >= 4 is 22.8 Å². The monoisotopic (exact) mass is 363 g/mol. The first kappa shape index (κ1) is 17.3. The zero-order valence-electron chi connectivity index (χ0n) is 15.2. The Hall–Kier alpha value is -3.08. The molecule has 27 heavy (non-hydrogen) atoms. The second-order valence-electron chi connectivity index (χ2n) is 6.84. The minimum Gasteiger partial charge on any atom is -0.450 e. The number of hydrogen-bond acceptors (Lipinski definition) is 4. The summed E-state index contributed by atoms with van der Waals surface area (Å²) >= 11 is 0.